The number of thioether (sulfide) groups is 1. The molecule has 0 saturated carbocycles. The highest BCUT2D eigenvalue weighted by Crippen LogP contribution is 2.47. The monoisotopic (exact) mass is 569 g/mol. The number of carbonyl (C=O) groups excluding carboxylic acids is 3. The summed E-state index contributed by atoms with van der Waals surface area (Å²) in [6.07, 6.45) is 3.70. The lowest BCUT2D eigenvalue weighted by molar-refractivity contribution is -0.455. The molecule has 12 heteroatoms. The molecule has 1 unspecified atom stereocenters. The van der Waals surface area contributed by atoms with E-state index in [4.69, 9.17) is 24.4 Å². The van der Waals surface area contributed by atoms with Gasteiger partial charge in [-0.05, 0) is 57.0 Å². The number of amides is 4. The topological polar surface area (TPSA) is 137 Å². The molecule has 1 saturated heterocycles. The van der Waals surface area contributed by atoms with E-state index in [2.05, 4.69) is 4.98 Å². The molecule has 0 bridgehead atoms. The van der Waals surface area contributed by atoms with Crippen molar-refractivity contribution in [2.45, 2.75) is 51.4 Å². The van der Waals surface area contributed by atoms with E-state index in [9.17, 15) is 14.4 Å². The van der Waals surface area contributed by atoms with Crippen LogP contribution in [0.3, 0.4) is 0 Å². The van der Waals surface area contributed by atoms with Crippen LogP contribution >= 0.6 is 11.8 Å². The van der Waals surface area contributed by atoms with Crippen LogP contribution in [0.5, 0.6) is 5.75 Å². The zero-order valence-electron chi connectivity index (χ0n) is 22.9. The van der Waals surface area contributed by atoms with Crippen LogP contribution in [0.15, 0.2) is 46.7 Å². The third-order valence-corrected chi connectivity index (χ3v) is 8.91. The number of para-hydroxylation sites is 1. The maximum absolute atomic E-state index is 14.2. The van der Waals surface area contributed by atoms with Gasteiger partial charge in [0.05, 0.1) is 24.3 Å². The minimum atomic E-state index is -1.57. The summed E-state index contributed by atoms with van der Waals surface area (Å²) in [6, 6.07) is 6.84. The molecule has 0 aliphatic carbocycles. The van der Waals surface area contributed by atoms with Gasteiger partial charge in [-0.25, -0.2) is 9.78 Å². The fourth-order valence-electron chi connectivity index (χ4n) is 5.20. The van der Waals surface area contributed by atoms with Gasteiger partial charge in [0, 0.05) is 18.8 Å². The van der Waals surface area contributed by atoms with E-state index in [0.29, 0.717) is 53.2 Å². The maximum atomic E-state index is 14.2. The van der Waals surface area contributed by atoms with Crippen LogP contribution in [0.1, 0.15) is 51.2 Å². The van der Waals surface area contributed by atoms with Crippen LogP contribution in [0, 0.1) is 5.92 Å². The summed E-state index contributed by atoms with van der Waals surface area (Å²) in [5.41, 5.74) is 5.56. The quantitative estimate of drug-likeness (QED) is 0.451. The van der Waals surface area contributed by atoms with Crippen LogP contribution in [-0.4, -0.2) is 75.9 Å². The summed E-state index contributed by atoms with van der Waals surface area (Å²) in [6.45, 7) is 5.99. The molecule has 3 aliphatic heterocycles. The Labute approximate surface area is 236 Å². The Morgan fingerprint density at radius 2 is 2.00 bits per heavy atom. The number of hydrogen-bond donors (Lipinski definition) is 1. The van der Waals surface area contributed by atoms with Crippen LogP contribution in [0.2, 0.25) is 0 Å². The number of nitrogens with two attached hydrogens (primary N) is 1. The predicted molar refractivity (Wildman–Crippen MR) is 146 cm³/mol. The number of methoxy groups -OCH3 is 1. The highest BCUT2D eigenvalue weighted by atomic mass is 32.2. The first-order valence-electron chi connectivity index (χ1n) is 13.1. The van der Waals surface area contributed by atoms with Gasteiger partial charge in [0.15, 0.2) is 16.5 Å². The lowest BCUT2D eigenvalue weighted by Gasteiger charge is -2.34. The number of oxazole rings is 1. The van der Waals surface area contributed by atoms with Crippen molar-refractivity contribution in [1.29, 1.82) is 0 Å². The van der Waals surface area contributed by atoms with E-state index in [0.717, 1.165) is 10.5 Å². The highest BCUT2D eigenvalue weighted by molar-refractivity contribution is 8.22. The van der Waals surface area contributed by atoms with Crippen LogP contribution < -0.4 is 10.5 Å². The smallest absolute Gasteiger partial charge is 0.496 e. The van der Waals surface area contributed by atoms with Gasteiger partial charge >= 0.3 is 11.9 Å². The van der Waals surface area contributed by atoms with Crippen molar-refractivity contribution in [2.24, 2.45) is 11.7 Å². The number of rotatable bonds is 9. The largest absolute Gasteiger partial charge is 0.502 e. The molecular formula is C28H33N4O7S+. The number of ether oxygens (including phenoxy) is 3. The highest BCUT2D eigenvalue weighted by Gasteiger charge is 2.59. The second-order valence-electron chi connectivity index (χ2n) is 10.4. The molecule has 4 amide bonds. The molecule has 2 atom stereocenters. The molecule has 212 valence electrons. The molecule has 2 N–H and O–H groups in total. The molecule has 4 heterocycles. The summed E-state index contributed by atoms with van der Waals surface area (Å²) < 4.78 is 24.9. The number of nitrogens with zero attached hydrogens (tertiary/aromatic N) is 3. The number of imide groups is 1. The SMILES string of the molecule is COc1ccccc1[C@H](C[N+]1=C2SC(c3ncco3)=C(C)C2C(=O)N(C(C)(C)C(N)=O)C1=O)OC1CCOCC1. The lowest BCUT2D eigenvalue weighted by atomic mass is 9.93. The van der Waals surface area contributed by atoms with Crippen molar-refractivity contribution in [2.75, 3.05) is 26.9 Å². The van der Waals surface area contributed by atoms with Crippen molar-refractivity contribution in [3.63, 3.8) is 0 Å². The Morgan fingerprint density at radius 3 is 2.65 bits per heavy atom. The summed E-state index contributed by atoms with van der Waals surface area (Å²) in [5.74, 6) is -1.16. The molecule has 0 radical (unpaired) electrons. The summed E-state index contributed by atoms with van der Waals surface area (Å²) in [4.78, 5) is 46.4. The molecule has 11 nitrogen and oxygen atoms in total. The standard InChI is InChI=1S/C28H32N4O7S/c1-16-21-24(33)32(28(2,3)26(29)34)27(35)31(25(21)40-22(16)23-30-11-14-38-23)15-20(39-17-9-12-37-13-10-17)18-7-5-6-8-19(18)36-4/h5-8,11,14,17,20-21H,9-10,12-13,15H2,1-4H3,(H-,29,34)/p+1/t20-,21?/m0/s1. The van der Waals surface area contributed by atoms with Crippen LogP contribution in [0.4, 0.5) is 4.79 Å². The maximum Gasteiger partial charge on any atom is 0.502 e. The average Bonchev–Trinajstić information content (AvgIpc) is 3.59. The Morgan fingerprint density at radius 1 is 1.27 bits per heavy atom. The zero-order chi connectivity index (χ0) is 28.6. The Bertz CT molecular complexity index is 1380. The Kier molecular flexibility index (Phi) is 7.85. The van der Waals surface area contributed by atoms with Crippen molar-refractivity contribution in [3.05, 3.63) is 53.8 Å². The minimum absolute atomic E-state index is 0.0696. The van der Waals surface area contributed by atoms with Crippen LogP contribution in [-0.2, 0) is 19.1 Å². The van der Waals surface area contributed by atoms with Gasteiger partial charge in [-0.15, -0.1) is 4.90 Å². The second-order valence-corrected chi connectivity index (χ2v) is 11.4. The van der Waals surface area contributed by atoms with E-state index < -0.39 is 35.4 Å². The van der Waals surface area contributed by atoms with Crippen LogP contribution in [0.25, 0.3) is 4.91 Å². The van der Waals surface area contributed by atoms with Crippen molar-refractivity contribution in [1.82, 2.24) is 9.88 Å². The summed E-state index contributed by atoms with van der Waals surface area (Å²) in [7, 11) is 1.58. The average molecular weight is 570 g/mol. The molecular weight excluding hydrogens is 536 g/mol. The molecule has 2 aromatic rings. The van der Waals surface area contributed by atoms with E-state index in [1.54, 1.807) is 7.11 Å². The molecule has 40 heavy (non-hydrogen) atoms. The number of benzene rings is 1. The molecule has 1 aromatic heterocycles. The van der Waals surface area contributed by atoms with Gasteiger partial charge in [-0.2, -0.15) is 9.37 Å². The van der Waals surface area contributed by atoms with E-state index in [-0.39, 0.29) is 12.6 Å². The van der Waals surface area contributed by atoms with Gasteiger partial charge in [-0.1, -0.05) is 18.2 Å². The fourth-order valence-corrected chi connectivity index (χ4v) is 6.53. The van der Waals surface area contributed by atoms with E-state index >= 15 is 0 Å². The normalized spacial score (nSPS) is 21.2. The fraction of sp³-hybridized carbons (Fsp3) is 0.464. The molecule has 1 fully saturated rings. The number of fused-ring (bicyclic) bond motifs is 1. The summed E-state index contributed by atoms with van der Waals surface area (Å²) >= 11 is 1.26. The predicted octanol–water partition coefficient (Wildman–Crippen LogP) is 3.35. The lowest BCUT2D eigenvalue weighted by Crippen LogP contribution is -2.65. The van der Waals surface area contributed by atoms with Gasteiger partial charge in [0.1, 0.15) is 24.7 Å². The van der Waals surface area contributed by atoms with Gasteiger partial charge in [-0.3, -0.25) is 4.79 Å². The number of hydrogen-bond acceptors (Lipinski definition) is 9. The third-order valence-electron chi connectivity index (χ3n) is 7.55. The number of aromatic nitrogens is 1. The molecule has 3 aliphatic rings. The summed E-state index contributed by atoms with van der Waals surface area (Å²) in [5, 5.41) is 0.507. The minimum Gasteiger partial charge on any atom is -0.496 e. The zero-order valence-corrected chi connectivity index (χ0v) is 23.7. The van der Waals surface area contributed by atoms with Crippen molar-refractivity contribution >= 4 is 39.6 Å². The Balaban J connectivity index is 1.62. The first-order valence-corrected chi connectivity index (χ1v) is 13.9. The number of urea groups is 1. The molecule has 0 spiro atoms. The number of primary amides is 1. The van der Waals surface area contributed by atoms with Gasteiger partial charge in [0.2, 0.25) is 5.89 Å². The van der Waals surface area contributed by atoms with Crippen molar-refractivity contribution in [3.8, 4) is 5.75 Å². The molecule has 1 aromatic carbocycles. The van der Waals surface area contributed by atoms with Crippen molar-refractivity contribution < 1.29 is 37.6 Å². The molecule has 5 rings (SSSR count). The second kappa shape index (κ2) is 11.2. The number of carbonyl (C=O) groups is 3. The van der Waals surface area contributed by atoms with Gasteiger partial charge < -0.3 is 24.4 Å². The first kappa shape index (κ1) is 28.1. The van der Waals surface area contributed by atoms with E-state index in [1.807, 2.05) is 31.2 Å². The van der Waals surface area contributed by atoms with E-state index in [1.165, 1.54) is 42.6 Å². The first-order chi connectivity index (χ1) is 19.1. The Hall–Kier alpha value is -3.48. The van der Waals surface area contributed by atoms with Gasteiger partial charge in [0.25, 0.3) is 5.91 Å². The third kappa shape index (κ3) is 4.95.